The highest BCUT2D eigenvalue weighted by molar-refractivity contribution is 6.25. The fraction of sp³-hybridized carbons (Fsp3) is 0. The van der Waals surface area contributed by atoms with Gasteiger partial charge >= 0.3 is 0 Å². The van der Waals surface area contributed by atoms with Crippen molar-refractivity contribution in [1.82, 2.24) is 0 Å². The summed E-state index contributed by atoms with van der Waals surface area (Å²) in [5, 5.41) is 19.7. The highest BCUT2D eigenvalue weighted by atomic mass is 14.3. The normalized spacial score (nSPS) is 11.7. The first-order valence-corrected chi connectivity index (χ1v) is 29.9. The molecule has 0 bridgehead atoms. The molecule has 0 aliphatic rings. The van der Waals surface area contributed by atoms with Gasteiger partial charge in [0.1, 0.15) is 0 Å². The smallest absolute Gasteiger partial charge is 0.00201 e. The molecule has 0 saturated heterocycles. The average Bonchev–Trinajstić information content (AvgIpc) is 0.991. The molecular formula is C86H54. The molecule has 0 aliphatic heterocycles. The van der Waals surface area contributed by atoms with Crippen LogP contribution in [0.25, 0.3) is 175 Å². The molecule has 86 heavy (non-hydrogen) atoms. The molecule has 398 valence electrons. The van der Waals surface area contributed by atoms with Gasteiger partial charge < -0.3 is 0 Å². The van der Waals surface area contributed by atoms with Gasteiger partial charge in [-0.25, -0.2) is 0 Å². The third-order valence-electron chi connectivity index (χ3n) is 18.2. The van der Waals surface area contributed by atoms with Crippen molar-refractivity contribution >= 4 is 86.2 Å². The Morgan fingerprint density at radius 2 is 0.488 bits per heavy atom. The Bertz CT molecular complexity index is 5520. The zero-order valence-electron chi connectivity index (χ0n) is 47.2. The topological polar surface area (TPSA) is 0 Å². The van der Waals surface area contributed by atoms with E-state index in [4.69, 9.17) is 0 Å². The number of hydrogen-bond donors (Lipinski definition) is 0. The van der Waals surface area contributed by atoms with E-state index in [1.807, 2.05) is 0 Å². The third-order valence-corrected chi connectivity index (χ3v) is 18.2. The van der Waals surface area contributed by atoms with Crippen LogP contribution in [-0.4, -0.2) is 0 Å². The standard InChI is InChI=1S/C86H54/c1-2-23-60-50-64(44-41-55(60)19-1)84-77-34-11-13-36-79(77)86(80-37-14-12-35-78(80)84)82-48-47-73(74-32-9-10-33-76(74)82)66-51-65(61-27-15-28-62(49-61)71-38-16-24-56-20-3-6-29-68(56)71)52-67(53-66)85-81(75-40-18-26-58-22-5-8-31-70(58)75)46-45-59-42-43-63(54-83(59)85)72-39-17-25-57-21-4-7-30-69(57)72/h1-54H. The Labute approximate surface area is 499 Å². The first kappa shape index (κ1) is 49.4. The summed E-state index contributed by atoms with van der Waals surface area (Å²) in [5.41, 5.74) is 19.2. The molecule has 0 unspecified atom stereocenters. The number of benzene rings is 17. The van der Waals surface area contributed by atoms with Crippen LogP contribution in [0.3, 0.4) is 0 Å². The van der Waals surface area contributed by atoms with E-state index in [9.17, 15) is 0 Å². The van der Waals surface area contributed by atoms with Crippen molar-refractivity contribution in [3.8, 4) is 89.0 Å². The number of hydrogen-bond acceptors (Lipinski definition) is 0. The van der Waals surface area contributed by atoms with Crippen molar-refractivity contribution in [2.45, 2.75) is 0 Å². The largest absolute Gasteiger partial charge is 0.0616 e. The van der Waals surface area contributed by atoms with Gasteiger partial charge in [0.25, 0.3) is 0 Å². The van der Waals surface area contributed by atoms with Gasteiger partial charge in [-0.05, 0) is 212 Å². The molecule has 0 heteroatoms. The maximum atomic E-state index is 2.48. The summed E-state index contributed by atoms with van der Waals surface area (Å²) < 4.78 is 0. The highest BCUT2D eigenvalue weighted by Gasteiger charge is 2.22. The van der Waals surface area contributed by atoms with Crippen molar-refractivity contribution in [1.29, 1.82) is 0 Å². The lowest BCUT2D eigenvalue weighted by Crippen LogP contribution is -1.94. The van der Waals surface area contributed by atoms with Crippen LogP contribution in [0.5, 0.6) is 0 Å². The molecule has 0 atom stereocenters. The summed E-state index contributed by atoms with van der Waals surface area (Å²) >= 11 is 0. The van der Waals surface area contributed by atoms with Gasteiger partial charge in [-0.3, -0.25) is 0 Å². The van der Waals surface area contributed by atoms with Gasteiger partial charge in [-0.15, -0.1) is 0 Å². The molecule has 0 saturated carbocycles. The van der Waals surface area contributed by atoms with Gasteiger partial charge in [0.05, 0.1) is 0 Å². The summed E-state index contributed by atoms with van der Waals surface area (Å²) in [5.74, 6) is 0. The molecule has 0 aliphatic carbocycles. The second-order valence-corrected chi connectivity index (χ2v) is 23.0. The molecule has 0 heterocycles. The Morgan fingerprint density at radius 3 is 1.13 bits per heavy atom. The van der Waals surface area contributed by atoms with E-state index >= 15 is 0 Å². The van der Waals surface area contributed by atoms with Gasteiger partial charge in [0.2, 0.25) is 0 Å². The van der Waals surface area contributed by atoms with Crippen LogP contribution in [0.2, 0.25) is 0 Å². The number of rotatable bonds is 8. The first-order chi connectivity index (χ1) is 42.6. The van der Waals surface area contributed by atoms with Crippen LogP contribution in [0, 0.1) is 0 Å². The maximum absolute atomic E-state index is 2.48. The minimum atomic E-state index is 1.15. The van der Waals surface area contributed by atoms with E-state index < -0.39 is 0 Å². The van der Waals surface area contributed by atoms with Gasteiger partial charge in [-0.1, -0.05) is 291 Å². The summed E-state index contributed by atoms with van der Waals surface area (Å²) in [4.78, 5) is 0. The second kappa shape index (κ2) is 20.3. The summed E-state index contributed by atoms with van der Waals surface area (Å²) in [6.07, 6.45) is 0. The molecule has 0 spiro atoms. The molecule has 17 aromatic rings. The molecule has 0 amide bonds. The van der Waals surface area contributed by atoms with E-state index in [1.165, 1.54) is 153 Å². The van der Waals surface area contributed by atoms with Gasteiger partial charge in [0, 0.05) is 0 Å². The van der Waals surface area contributed by atoms with E-state index in [1.54, 1.807) is 0 Å². The average molecular weight is 1090 g/mol. The van der Waals surface area contributed by atoms with E-state index in [-0.39, 0.29) is 0 Å². The quantitative estimate of drug-likeness (QED) is 0.133. The Hall–Kier alpha value is -11.2. The highest BCUT2D eigenvalue weighted by Crippen LogP contribution is 2.50. The van der Waals surface area contributed by atoms with Crippen LogP contribution < -0.4 is 0 Å². The summed E-state index contributed by atoms with van der Waals surface area (Å²) in [6, 6.07) is 122. The van der Waals surface area contributed by atoms with Crippen LogP contribution in [-0.2, 0) is 0 Å². The van der Waals surface area contributed by atoms with Crippen molar-refractivity contribution in [3.05, 3.63) is 328 Å². The molecule has 17 aromatic carbocycles. The number of fused-ring (bicyclic) bond motifs is 8. The monoisotopic (exact) mass is 1090 g/mol. The molecule has 0 nitrogen and oxygen atoms in total. The zero-order chi connectivity index (χ0) is 56.7. The summed E-state index contributed by atoms with van der Waals surface area (Å²) in [7, 11) is 0. The maximum Gasteiger partial charge on any atom is -0.00201 e. The van der Waals surface area contributed by atoms with Crippen molar-refractivity contribution in [2.24, 2.45) is 0 Å². The molecular weight excluding hydrogens is 1030 g/mol. The lowest BCUT2D eigenvalue weighted by atomic mass is 9.82. The van der Waals surface area contributed by atoms with Crippen LogP contribution in [0.4, 0.5) is 0 Å². The van der Waals surface area contributed by atoms with Crippen molar-refractivity contribution in [2.75, 3.05) is 0 Å². The molecule has 0 aromatic heterocycles. The van der Waals surface area contributed by atoms with Crippen molar-refractivity contribution in [3.63, 3.8) is 0 Å². The fourth-order valence-electron chi connectivity index (χ4n) is 14.2. The predicted molar refractivity (Wildman–Crippen MR) is 370 cm³/mol. The van der Waals surface area contributed by atoms with Crippen LogP contribution >= 0.6 is 0 Å². The Kier molecular flexibility index (Phi) is 11.7. The minimum absolute atomic E-state index is 1.15. The van der Waals surface area contributed by atoms with E-state index in [0.717, 1.165) is 22.3 Å². The van der Waals surface area contributed by atoms with Gasteiger partial charge in [0.15, 0.2) is 0 Å². The molecule has 0 N–H and O–H groups in total. The van der Waals surface area contributed by atoms with Crippen molar-refractivity contribution < 1.29 is 0 Å². The first-order valence-electron chi connectivity index (χ1n) is 29.9. The minimum Gasteiger partial charge on any atom is -0.0616 e. The fourth-order valence-corrected chi connectivity index (χ4v) is 14.2. The Balaban J connectivity index is 0.933. The van der Waals surface area contributed by atoms with Gasteiger partial charge in [-0.2, -0.15) is 0 Å². The molecule has 0 radical (unpaired) electrons. The Morgan fingerprint density at radius 1 is 0.116 bits per heavy atom. The van der Waals surface area contributed by atoms with E-state index in [2.05, 4.69) is 328 Å². The molecule has 0 fully saturated rings. The van der Waals surface area contributed by atoms with Crippen LogP contribution in [0.1, 0.15) is 0 Å². The SMILES string of the molecule is c1cc(-c2cc(-c3c(-c4cccc5ccccc45)ccc4ccc(-c5cccc6ccccc56)cc34)cc(-c3ccc(-c4c5ccccc5c(-c5ccc6ccccc6c5)c5ccccc45)c4ccccc34)c2)cc(-c2cccc3ccccc23)c1. The molecule has 17 rings (SSSR count). The summed E-state index contributed by atoms with van der Waals surface area (Å²) in [6.45, 7) is 0. The lowest BCUT2D eigenvalue weighted by molar-refractivity contribution is 1.57. The predicted octanol–water partition coefficient (Wildman–Crippen LogP) is 24.2. The van der Waals surface area contributed by atoms with Crippen LogP contribution in [0.15, 0.2) is 328 Å². The lowest BCUT2D eigenvalue weighted by Gasteiger charge is -2.21. The second-order valence-electron chi connectivity index (χ2n) is 23.0. The third kappa shape index (κ3) is 8.22. The zero-order valence-corrected chi connectivity index (χ0v) is 47.2. The van der Waals surface area contributed by atoms with E-state index in [0.29, 0.717) is 0 Å².